The number of ether oxygens (including phenoxy) is 2. The normalized spacial score (nSPS) is 14.8. The molecule has 2 aromatic carbocycles. The third kappa shape index (κ3) is 2.92. The Morgan fingerprint density at radius 3 is 2.38 bits per heavy atom. The van der Waals surface area contributed by atoms with Gasteiger partial charge in [0.25, 0.3) is 0 Å². The van der Waals surface area contributed by atoms with Crippen LogP contribution >= 0.6 is 15.9 Å². The van der Waals surface area contributed by atoms with Crippen LogP contribution in [0.25, 0.3) is 0 Å². The second kappa shape index (κ2) is 6.08. The van der Waals surface area contributed by atoms with Crippen LogP contribution in [0.1, 0.15) is 22.7 Å². The number of benzene rings is 2. The molecule has 0 saturated heterocycles. The molecule has 0 amide bonds. The van der Waals surface area contributed by atoms with Crippen LogP contribution in [0.3, 0.4) is 0 Å². The van der Waals surface area contributed by atoms with Gasteiger partial charge in [0.1, 0.15) is 13.2 Å². The zero-order valence-corrected chi connectivity index (χ0v) is 13.7. The number of fused-ring (bicyclic) bond motifs is 1. The number of aryl methyl sites for hydroxylation is 1. The molecule has 2 aromatic rings. The number of hydrogen-bond acceptors (Lipinski definition) is 3. The van der Waals surface area contributed by atoms with E-state index in [1.807, 2.05) is 13.1 Å². The van der Waals surface area contributed by atoms with Crippen molar-refractivity contribution in [1.29, 1.82) is 0 Å². The monoisotopic (exact) mass is 347 g/mol. The van der Waals surface area contributed by atoms with E-state index >= 15 is 0 Å². The molecule has 3 rings (SSSR count). The van der Waals surface area contributed by atoms with Crippen LogP contribution < -0.4 is 14.8 Å². The Morgan fingerprint density at radius 2 is 1.67 bits per heavy atom. The van der Waals surface area contributed by atoms with E-state index in [1.54, 1.807) is 0 Å². The summed E-state index contributed by atoms with van der Waals surface area (Å²) in [6.45, 7) is 3.33. The summed E-state index contributed by atoms with van der Waals surface area (Å²) in [6, 6.07) is 12.7. The van der Waals surface area contributed by atoms with Crippen molar-refractivity contribution in [3.05, 3.63) is 57.6 Å². The van der Waals surface area contributed by atoms with Gasteiger partial charge in [-0.2, -0.15) is 0 Å². The maximum atomic E-state index is 5.68. The highest BCUT2D eigenvalue weighted by Gasteiger charge is 2.17. The highest BCUT2D eigenvalue weighted by Crippen LogP contribution is 2.34. The first-order chi connectivity index (χ1) is 10.2. The molecule has 21 heavy (non-hydrogen) atoms. The lowest BCUT2D eigenvalue weighted by Gasteiger charge is -2.22. The summed E-state index contributed by atoms with van der Waals surface area (Å²) in [6.07, 6.45) is 0. The van der Waals surface area contributed by atoms with Gasteiger partial charge in [-0.25, -0.2) is 0 Å². The second-order valence-corrected chi connectivity index (χ2v) is 5.99. The summed E-state index contributed by atoms with van der Waals surface area (Å²) in [7, 11) is 1.97. The molecule has 0 saturated carbocycles. The SMILES string of the molecule is CNC(c1ccc(Br)c(C)c1)c1ccc2c(c1)OCCO2. The van der Waals surface area contributed by atoms with Crippen molar-refractivity contribution < 1.29 is 9.47 Å². The average molecular weight is 348 g/mol. The first kappa shape index (κ1) is 14.4. The summed E-state index contributed by atoms with van der Waals surface area (Å²) in [5.41, 5.74) is 3.63. The molecule has 1 N–H and O–H groups in total. The minimum absolute atomic E-state index is 0.132. The molecule has 0 radical (unpaired) electrons. The first-order valence-electron chi connectivity index (χ1n) is 7.02. The molecule has 0 spiro atoms. The maximum Gasteiger partial charge on any atom is 0.161 e. The third-order valence-corrected chi connectivity index (χ3v) is 4.59. The van der Waals surface area contributed by atoms with Crippen molar-refractivity contribution in [3.8, 4) is 11.5 Å². The molecule has 1 unspecified atom stereocenters. The van der Waals surface area contributed by atoms with Crippen LogP contribution in [0.15, 0.2) is 40.9 Å². The summed E-state index contributed by atoms with van der Waals surface area (Å²) < 4.78 is 12.4. The van der Waals surface area contributed by atoms with Crippen LogP contribution in [0, 0.1) is 6.92 Å². The van der Waals surface area contributed by atoms with E-state index in [-0.39, 0.29) is 6.04 Å². The molecule has 0 aliphatic carbocycles. The number of nitrogens with one attached hydrogen (secondary N) is 1. The van der Waals surface area contributed by atoms with E-state index in [4.69, 9.17) is 9.47 Å². The van der Waals surface area contributed by atoms with Crippen LogP contribution in [0.4, 0.5) is 0 Å². The van der Waals surface area contributed by atoms with Crippen LogP contribution in [-0.2, 0) is 0 Å². The first-order valence-corrected chi connectivity index (χ1v) is 7.81. The highest BCUT2D eigenvalue weighted by atomic mass is 79.9. The molecule has 3 nitrogen and oxygen atoms in total. The Labute approximate surface area is 133 Å². The fraction of sp³-hybridized carbons (Fsp3) is 0.294. The molecule has 0 fully saturated rings. The molecular weight excluding hydrogens is 330 g/mol. The summed E-state index contributed by atoms with van der Waals surface area (Å²) in [5, 5.41) is 3.38. The van der Waals surface area contributed by atoms with Gasteiger partial charge in [0.15, 0.2) is 11.5 Å². The lowest BCUT2D eigenvalue weighted by molar-refractivity contribution is 0.171. The Kier molecular flexibility index (Phi) is 4.17. The summed E-state index contributed by atoms with van der Waals surface area (Å²) in [5.74, 6) is 1.65. The van der Waals surface area contributed by atoms with E-state index in [2.05, 4.69) is 58.5 Å². The Balaban J connectivity index is 1.97. The van der Waals surface area contributed by atoms with Gasteiger partial charge in [-0.15, -0.1) is 0 Å². The predicted octanol–water partition coefficient (Wildman–Crippen LogP) is 3.84. The van der Waals surface area contributed by atoms with Gasteiger partial charge in [-0.3, -0.25) is 0 Å². The van der Waals surface area contributed by atoms with E-state index in [1.165, 1.54) is 16.7 Å². The minimum Gasteiger partial charge on any atom is -0.486 e. The fourth-order valence-corrected chi connectivity index (χ4v) is 2.86. The van der Waals surface area contributed by atoms with Gasteiger partial charge < -0.3 is 14.8 Å². The van der Waals surface area contributed by atoms with E-state index < -0.39 is 0 Å². The van der Waals surface area contributed by atoms with E-state index in [0.29, 0.717) is 13.2 Å². The van der Waals surface area contributed by atoms with Crippen LogP contribution in [-0.4, -0.2) is 20.3 Å². The topological polar surface area (TPSA) is 30.5 Å². The van der Waals surface area contributed by atoms with Gasteiger partial charge in [0.05, 0.1) is 6.04 Å². The summed E-state index contributed by atoms with van der Waals surface area (Å²) in [4.78, 5) is 0. The molecule has 0 bridgehead atoms. The van der Waals surface area contributed by atoms with Crippen molar-refractivity contribution in [3.63, 3.8) is 0 Å². The molecule has 1 aliphatic heterocycles. The van der Waals surface area contributed by atoms with Crippen LogP contribution in [0.5, 0.6) is 11.5 Å². The largest absolute Gasteiger partial charge is 0.486 e. The summed E-state index contributed by atoms with van der Waals surface area (Å²) >= 11 is 3.55. The lowest BCUT2D eigenvalue weighted by atomic mass is 9.97. The predicted molar refractivity (Wildman–Crippen MR) is 87.2 cm³/mol. The molecule has 0 aromatic heterocycles. The van der Waals surface area contributed by atoms with Gasteiger partial charge in [-0.05, 0) is 48.9 Å². The maximum absolute atomic E-state index is 5.68. The molecule has 110 valence electrons. The van der Waals surface area contributed by atoms with Crippen molar-refractivity contribution >= 4 is 15.9 Å². The Hall–Kier alpha value is -1.52. The Bertz CT molecular complexity index is 657. The second-order valence-electron chi connectivity index (χ2n) is 5.13. The van der Waals surface area contributed by atoms with E-state index in [0.717, 1.165) is 16.0 Å². The smallest absolute Gasteiger partial charge is 0.161 e. The Morgan fingerprint density at radius 1 is 1.00 bits per heavy atom. The van der Waals surface area contributed by atoms with Gasteiger partial charge in [-0.1, -0.05) is 34.1 Å². The standard InChI is InChI=1S/C17H18BrNO2/c1-11-9-12(3-5-14(11)18)17(19-2)13-4-6-15-16(10-13)21-8-7-20-15/h3-6,9-10,17,19H,7-8H2,1-2H3. The molecule has 1 heterocycles. The zero-order chi connectivity index (χ0) is 14.8. The number of halogens is 1. The van der Waals surface area contributed by atoms with Gasteiger partial charge in [0.2, 0.25) is 0 Å². The van der Waals surface area contributed by atoms with Crippen molar-refractivity contribution in [2.45, 2.75) is 13.0 Å². The molecule has 1 atom stereocenters. The van der Waals surface area contributed by atoms with Crippen LogP contribution in [0.2, 0.25) is 0 Å². The molecule has 1 aliphatic rings. The molecule has 4 heteroatoms. The van der Waals surface area contributed by atoms with Gasteiger partial charge >= 0.3 is 0 Å². The highest BCUT2D eigenvalue weighted by molar-refractivity contribution is 9.10. The number of hydrogen-bond donors (Lipinski definition) is 1. The van der Waals surface area contributed by atoms with Gasteiger partial charge in [0, 0.05) is 4.47 Å². The third-order valence-electron chi connectivity index (χ3n) is 3.70. The quantitative estimate of drug-likeness (QED) is 0.914. The lowest BCUT2D eigenvalue weighted by Crippen LogP contribution is -2.19. The number of rotatable bonds is 3. The van der Waals surface area contributed by atoms with Crippen molar-refractivity contribution in [2.24, 2.45) is 0 Å². The van der Waals surface area contributed by atoms with Crippen molar-refractivity contribution in [1.82, 2.24) is 5.32 Å². The zero-order valence-electron chi connectivity index (χ0n) is 12.2. The fourth-order valence-electron chi connectivity index (χ4n) is 2.61. The minimum atomic E-state index is 0.132. The van der Waals surface area contributed by atoms with E-state index in [9.17, 15) is 0 Å². The average Bonchev–Trinajstić information content (AvgIpc) is 2.51. The van der Waals surface area contributed by atoms with Crippen molar-refractivity contribution in [2.75, 3.05) is 20.3 Å². The molecular formula is C17H18BrNO2.